The molecule has 2 aromatic heterocycles. The van der Waals surface area contributed by atoms with Gasteiger partial charge in [0.2, 0.25) is 0 Å². The molecule has 1 unspecified atom stereocenters. The van der Waals surface area contributed by atoms with Crippen LogP contribution in [0.3, 0.4) is 0 Å². The lowest BCUT2D eigenvalue weighted by Gasteiger charge is -2.40. The predicted octanol–water partition coefficient (Wildman–Crippen LogP) is 1.84. The first kappa shape index (κ1) is 14.5. The van der Waals surface area contributed by atoms with Crippen molar-refractivity contribution in [3.05, 3.63) is 36.3 Å². The highest BCUT2D eigenvalue weighted by Gasteiger charge is 2.40. The lowest BCUT2D eigenvalue weighted by Crippen LogP contribution is -2.52. The number of anilines is 1. The third kappa shape index (κ3) is 2.92. The fourth-order valence-electron chi connectivity index (χ4n) is 3.21. The van der Waals surface area contributed by atoms with Gasteiger partial charge in [0, 0.05) is 49.3 Å². The van der Waals surface area contributed by atoms with E-state index in [1.54, 1.807) is 12.4 Å². The lowest BCUT2D eigenvalue weighted by molar-refractivity contribution is -0.0581. The van der Waals surface area contributed by atoms with Crippen LogP contribution in [0.5, 0.6) is 0 Å². The number of pyridine rings is 1. The van der Waals surface area contributed by atoms with E-state index in [0.29, 0.717) is 13.2 Å². The number of hydrogen-bond donors (Lipinski definition) is 0. The predicted molar refractivity (Wildman–Crippen MR) is 86.3 cm³/mol. The molecule has 0 amide bonds. The first-order chi connectivity index (χ1) is 11.2. The van der Waals surface area contributed by atoms with E-state index in [0.717, 1.165) is 49.0 Å². The van der Waals surface area contributed by atoms with Gasteiger partial charge in [0.05, 0.1) is 19.8 Å². The number of rotatable bonds is 2. The zero-order valence-electron chi connectivity index (χ0n) is 13.2. The number of nitrogens with zero attached hydrogens (tertiary/aromatic N) is 4. The second kappa shape index (κ2) is 5.86. The summed E-state index contributed by atoms with van der Waals surface area (Å²) >= 11 is 0. The Morgan fingerprint density at radius 1 is 1.26 bits per heavy atom. The maximum atomic E-state index is 6.00. The Hall–Kier alpha value is -2.05. The van der Waals surface area contributed by atoms with Crippen molar-refractivity contribution in [1.82, 2.24) is 15.0 Å². The van der Waals surface area contributed by atoms with E-state index in [2.05, 4.69) is 14.9 Å². The van der Waals surface area contributed by atoms with Gasteiger partial charge in [0.15, 0.2) is 5.82 Å². The first-order valence-electron chi connectivity index (χ1n) is 7.97. The fraction of sp³-hybridized carbons (Fsp3) is 0.471. The highest BCUT2D eigenvalue weighted by Crippen LogP contribution is 2.30. The Balaban J connectivity index is 1.65. The average Bonchev–Trinajstić information content (AvgIpc) is 3.03. The molecule has 2 saturated heterocycles. The van der Waals surface area contributed by atoms with E-state index in [-0.39, 0.29) is 5.60 Å². The molecular formula is C17H20N4O2. The molecule has 4 heterocycles. The molecule has 0 bridgehead atoms. The summed E-state index contributed by atoms with van der Waals surface area (Å²) in [6.45, 7) is 5.80. The van der Waals surface area contributed by atoms with Crippen LogP contribution in [-0.2, 0) is 9.47 Å². The van der Waals surface area contributed by atoms with Gasteiger partial charge in [0.1, 0.15) is 11.4 Å². The van der Waals surface area contributed by atoms with Crippen molar-refractivity contribution in [3.8, 4) is 11.4 Å². The first-order valence-corrected chi connectivity index (χ1v) is 7.97. The molecule has 1 atom stereocenters. The molecule has 0 radical (unpaired) electrons. The van der Waals surface area contributed by atoms with Crippen molar-refractivity contribution in [2.45, 2.75) is 18.9 Å². The minimum Gasteiger partial charge on any atom is -0.378 e. The number of hydrogen-bond acceptors (Lipinski definition) is 6. The van der Waals surface area contributed by atoms with Gasteiger partial charge in [-0.15, -0.1) is 0 Å². The normalized spacial score (nSPS) is 24.3. The van der Waals surface area contributed by atoms with Gasteiger partial charge in [-0.2, -0.15) is 0 Å². The quantitative estimate of drug-likeness (QED) is 0.843. The molecule has 23 heavy (non-hydrogen) atoms. The van der Waals surface area contributed by atoms with Crippen molar-refractivity contribution in [2.75, 3.05) is 37.8 Å². The number of aromatic nitrogens is 3. The third-order valence-electron chi connectivity index (χ3n) is 4.40. The highest BCUT2D eigenvalue weighted by atomic mass is 16.6. The molecule has 120 valence electrons. The molecule has 6 heteroatoms. The molecule has 2 fully saturated rings. The Morgan fingerprint density at radius 2 is 2.22 bits per heavy atom. The fourth-order valence-corrected chi connectivity index (χ4v) is 3.21. The maximum absolute atomic E-state index is 6.00. The number of morpholine rings is 1. The highest BCUT2D eigenvalue weighted by molar-refractivity contribution is 5.57. The Morgan fingerprint density at radius 3 is 3.00 bits per heavy atom. The van der Waals surface area contributed by atoms with E-state index in [4.69, 9.17) is 14.5 Å². The number of aryl methyl sites for hydroxylation is 1. The summed E-state index contributed by atoms with van der Waals surface area (Å²) in [5.41, 5.74) is 1.72. The molecule has 0 N–H and O–H groups in total. The zero-order chi connectivity index (χ0) is 15.7. The monoisotopic (exact) mass is 312 g/mol. The molecule has 1 spiro atoms. The minimum atomic E-state index is -0.175. The molecule has 2 aromatic rings. The van der Waals surface area contributed by atoms with Crippen molar-refractivity contribution < 1.29 is 9.47 Å². The lowest BCUT2D eigenvalue weighted by atomic mass is 10.0. The molecule has 0 saturated carbocycles. The van der Waals surface area contributed by atoms with E-state index in [9.17, 15) is 0 Å². The van der Waals surface area contributed by atoms with Gasteiger partial charge in [-0.3, -0.25) is 4.98 Å². The zero-order valence-corrected chi connectivity index (χ0v) is 13.2. The Kier molecular flexibility index (Phi) is 3.71. The van der Waals surface area contributed by atoms with Crippen molar-refractivity contribution in [3.63, 3.8) is 0 Å². The van der Waals surface area contributed by atoms with Crippen LogP contribution in [0, 0.1) is 6.92 Å². The molecule has 6 nitrogen and oxygen atoms in total. The van der Waals surface area contributed by atoms with Gasteiger partial charge in [-0.25, -0.2) is 9.97 Å². The van der Waals surface area contributed by atoms with Crippen LogP contribution >= 0.6 is 0 Å². The molecule has 0 aromatic carbocycles. The van der Waals surface area contributed by atoms with E-state index in [1.807, 2.05) is 25.1 Å². The standard InChI is InChI=1S/C17H20N4O2/c1-13-9-15(20-16(19-13)14-3-2-5-18-10-14)21-6-8-23-17(11-21)4-7-22-12-17/h2-3,5,9-10H,4,6-8,11-12H2,1H3. The van der Waals surface area contributed by atoms with Crippen LogP contribution in [-0.4, -0.2) is 53.5 Å². The molecular weight excluding hydrogens is 292 g/mol. The summed E-state index contributed by atoms with van der Waals surface area (Å²) in [5, 5.41) is 0. The van der Waals surface area contributed by atoms with Gasteiger partial charge in [0.25, 0.3) is 0 Å². The van der Waals surface area contributed by atoms with E-state index in [1.165, 1.54) is 0 Å². The van der Waals surface area contributed by atoms with Crippen LogP contribution in [0.15, 0.2) is 30.6 Å². The SMILES string of the molecule is Cc1cc(N2CCOC3(CCOC3)C2)nc(-c2cccnc2)n1. The molecule has 0 aliphatic carbocycles. The third-order valence-corrected chi connectivity index (χ3v) is 4.40. The summed E-state index contributed by atoms with van der Waals surface area (Å²) < 4.78 is 11.5. The largest absolute Gasteiger partial charge is 0.378 e. The summed E-state index contributed by atoms with van der Waals surface area (Å²) in [7, 11) is 0. The van der Waals surface area contributed by atoms with Gasteiger partial charge in [-0.1, -0.05) is 0 Å². The van der Waals surface area contributed by atoms with Crippen molar-refractivity contribution >= 4 is 5.82 Å². The topological polar surface area (TPSA) is 60.4 Å². The maximum Gasteiger partial charge on any atom is 0.163 e. The summed E-state index contributed by atoms with van der Waals surface area (Å²) in [6, 6.07) is 5.92. The van der Waals surface area contributed by atoms with E-state index >= 15 is 0 Å². The number of ether oxygens (including phenoxy) is 2. The van der Waals surface area contributed by atoms with Crippen LogP contribution in [0.4, 0.5) is 5.82 Å². The van der Waals surface area contributed by atoms with Crippen LogP contribution in [0.2, 0.25) is 0 Å². The molecule has 2 aliphatic rings. The van der Waals surface area contributed by atoms with Crippen LogP contribution in [0.1, 0.15) is 12.1 Å². The van der Waals surface area contributed by atoms with Crippen molar-refractivity contribution in [2.24, 2.45) is 0 Å². The minimum absolute atomic E-state index is 0.175. The second-order valence-corrected chi connectivity index (χ2v) is 6.19. The van der Waals surface area contributed by atoms with Crippen molar-refractivity contribution in [1.29, 1.82) is 0 Å². The summed E-state index contributed by atoms with van der Waals surface area (Å²) in [6.07, 6.45) is 4.50. The Labute approximate surface area is 135 Å². The Bertz CT molecular complexity index is 686. The average molecular weight is 312 g/mol. The van der Waals surface area contributed by atoms with Crippen LogP contribution < -0.4 is 4.90 Å². The van der Waals surface area contributed by atoms with Gasteiger partial charge in [-0.05, 0) is 19.1 Å². The second-order valence-electron chi connectivity index (χ2n) is 6.19. The van der Waals surface area contributed by atoms with Gasteiger partial charge >= 0.3 is 0 Å². The molecule has 2 aliphatic heterocycles. The summed E-state index contributed by atoms with van der Waals surface area (Å²) in [4.78, 5) is 15.8. The van der Waals surface area contributed by atoms with Crippen LogP contribution in [0.25, 0.3) is 11.4 Å². The molecule has 4 rings (SSSR count). The van der Waals surface area contributed by atoms with Gasteiger partial charge < -0.3 is 14.4 Å². The summed E-state index contributed by atoms with van der Waals surface area (Å²) in [5.74, 6) is 1.67. The smallest absolute Gasteiger partial charge is 0.163 e. The van der Waals surface area contributed by atoms with E-state index < -0.39 is 0 Å².